The van der Waals surface area contributed by atoms with Crippen molar-refractivity contribution in [3.63, 3.8) is 0 Å². The Morgan fingerprint density at radius 2 is 2.00 bits per heavy atom. The zero-order chi connectivity index (χ0) is 17.3. The summed E-state index contributed by atoms with van der Waals surface area (Å²) in [7, 11) is 3.15. The van der Waals surface area contributed by atoms with Crippen molar-refractivity contribution in [2.75, 3.05) is 19.5 Å². The Morgan fingerprint density at radius 3 is 2.68 bits per heavy atom. The molecule has 0 saturated carbocycles. The van der Waals surface area contributed by atoms with E-state index in [0.29, 0.717) is 32.7 Å². The molecule has 1 heterocycles. The number of hydrogen-bond donors (Lipinski definition) is 1. The lowest BCUT2D eigenvalue weighted by atomic mass is 10.2. The monoisotopic (exact) mass is 462 g/mol. The first-order valence-corrected chi connectivity index (χ1v) is 8.79. The van der Waals surface area contributed by atoms with Gasteiger partial charge in [-0.05, 0) is 24.3 Å². The number of amides is 1. The molecule has 5 nitrogen and oxygen atoms in total. The van der Waals surface area contributed by atoms with Gasteiger partial charge >= 0.3 is 0 Å². The summed E-state index contributed by atoms with van der Waals surface area (Å²) in [5, 5.41) is 3.60. The molecule has 1 amide bonds. The third-order valence-corrected chi connectivity index (χ3v) is 5.02. The highest BCUT2D eigenvalue weighted by Gasteiger charge is 2.16. The van der Waals surface area contributed by atoms with Crippen molar-refractivity contribution in [1.82, 2.24) is 4.98 Å². The number of ether oxygens (including phenoxy) is 2. The third kappa shape index (κ3) is 4.17. The average molecular weight is 464 g/mol. The lowest BCUT2D eigenvalue weighted by Gasteiger charge is -2.04. The van der Waals surface area contributed by atoms with E-state index in [4.69, 9.17) is 21.1 Å². The molecule has 0 atom stereocenters. The number of carbonyl (C=O) groups is 1. The molecular weight excluding hydrogens is 451 g/mol. The first kappa shape index (κ1) is 19.8. The van der Waals surface area contributed by atoms with Crippen LogP contribution in [0.4, 0.5) is 5.13 Å². The number of fused-ring (bicyclic) bond motifs is 1. The minimum Gasteiger partial charge on any atom is -0.497 e. The largest absolute Gasteiger partial charge is 0.497 e. The smallest absolute Gasteiger partial charge is 0.258 e. The van der Waals surface area contributed by atoms with Gasteiger partial charge in [0.15, 0.2) is 5.13 Å². The van der Waals surface area contributed by atoms with E-state index in [9.17, 15) is 4.79 Å². The van der Waals surface area contributed by atoms with Gasteiger partial charge in [-0.15, -0.1) is 12.4 Å². The Morgan fingerprint density at radius 1 is 1.24 bits per heavy atom. The molecule has 0 bridgehead atoms. The summed E-state index contributed by atoms with van der Waals surface area (Å²) in [5.74, 6) is 0.920. The van der Waals surface area contributed by atoms with Crippen molar-refractivity contribution < 1.29 is 14.3 Å². The van der Waals surface area contributed by atoms with Gasteiger partial charge in [0.1, 0.15) is 17.0 Å². The average Bonchev–Trinajstić information content (AvgIpc) is 2.98. The molecule has 9 heteroatoms. The fourth-order valence-corrected chi connectivity index (χ4v) is 3.61. The summed E-state index contributed by atoms with van der Waals surface area (Å²) >= 11 is 10.8. The standard InChI is InChI=1S/C16H12BrClN2O3S.ClH/c1-22-9-6-12(23-2)14-13(7-9)24-16(19-14)20-15(21)10-5-8(17)3-4-11(10)18;/h3-7H,1-2H3,(H,19,20,21);1H. The van der Waals surface area contributed by atoms with Crippen molar-refractivity contribution in [2.45, 2.75) is 0 Å². The van der Waals surface area contributed by atoms with Crippen molar-refractivity contribution in [3.05, 3.63) is 45.4 Å². The van der Waals surface area contributed by atoms with Crippen LogP contribution in [-0.2, 0) is 0 Å². The van der Waals surface area contributed by atoms with Gasteiger partial charge in [-0.3, -0.25) is 10.1 Å². The number of halogens is 3. The van der Waals surface area contributed by atoms with Gasteiger partial charge in [0, 0.05) is 10.5 Å². The van der Waals surface area contributed by atoms with Crippen molar-refractivity contribution in [3.8, 4) is 11.5 Å². The quantitative estimate of drug-likeness (QED) is 0.562. The molecule has 0 fully saturated rings. The van der Waals surface area contributed by atoms with Crippen LogP contribution in [-0.4, -0.2) is 25.1 Å². The maximum Gasteiger partial charge on any atom is 0.258 e. The van der Waals surface area contributed by atoms with Gasteiger partial charge < -0.3 is 9.47 Å². The SMILES string of the molecule is COc1cc(OC)c2nc(NC(=O)c3cc(Br)ccc3Cl)sc2c1.Cl. The zero-order valence-electron chi connectivity index (χ0n) is 13.1. The predicted molar refractivity (Wildman–Crippen MR) is 107 cm³/mol. The minimum absolute atomic E-state index is 0. The highest BCUT2D eigenvalue weighted by atomic mass is 79.9. The number of nitrogens with zero attached hydrogens (tertiary/aromatic N) is 1. The number of hydrogen-bond acceptors (Lipinski definition) is 5. The van der Waals surface area contributed by atoms with Crippen LogP contribution < -0.4 is 14.8 Å². The fourth-order valence-electron chi connectivity index (χ4n) is 2.14. The van der Waals surface area contributed by atoms with E-state index in [0.717, 1.165) is 9.17 Å². The summed E-state index contributed by atoms with van der Waals surface area (Å²) < 4.78 is 12.2. The van der Waals surface area contributed by atoms with E-state index >= 15 is 0 Å². The molecule has 0 aliphatic carbocycles. The van der Waals surface area contributed by atoms with Crippen LogP contribution in [0.15, 0.2) is 34.8 Å². The first-order valence-electron chi connectivity index (χ1n) is 6.81. The molecule has 0 spiro atoms. The van der Waals surface area contributed by atoms with Gasteiger partial charge in [-0.1, -0.05) is 38.9 Å². The topological polar surface area (TPSA) is 60.5 Å². The lowest BCUT2D eigenvalue weighted by molar-refractivity contribution is 0.102. The highest BCUT2D eigenvalue weighted by Crippen LogP contribution is 2.36. The van der Waals surface area contributed by atoms with Crippen LogP contribution in [0.2, 0.25) is 5.02 Å². The predicted octanol–water partition coefficient (Wildman–Crippen LogP) is 5.40. The fraction of sp³-hybridized carbons (Fsp3) is 0.125. The first-order chi connectivity index (χ1) is 11.5. The number of nitrogens with one attached hydrogen (secondary N) is 1. The second kappa shape index (κ2) is 8.23. The number of aromatic nitrogens is 1. The van der Waals surface area contributed by atoms with Gasteiger partial charge in [0.05, 0.1) is 29.5 Å². The van der Waals surface area contributed by atoms with Crippen LogP contribution in [0, 0.1) is 0 Å². The van der Waals surface area contributed by atoms with Crippen LogP contribution in [0.1, 0.15) is 10.4 Å². The van der Waals surface area contributed by atoms with Crippen LogP contribution in [0.3, 0.4) is 0 Å². The van der Waals surface area contributed by atoms with E-state index in [-0.39, 0.29) is 18.3 Å². The Kier molecular flexibility index (Phi) is 6.51. The van der Waals surface area contributed by atoms with E-state index in [1.165, 1.54) is 11.3 Å². The van der Waals surface area contributed by atoms with E-state index in [1.807, 2.05) is 6.07 Å². The molecular formula is C16H13BrCl2N2O3S. The minimum atomic E-state index is -0.328. The van der Waals surface area contributed by atoms with Crippen LogP contribution in [0.25, 0.3) is 10.2 Å². The molecule has 1 aromatic heterocycles. The molecule has 3 rings (SSSR count). The normalized spacial score (nSPS) is 10.2. The Balaban J connectivity index is 0.00000225. The summed E-state index contributed by atoms with van der Waals surface area (Å²) in [6.07, 6.45) is 0. The summed E-state index contributed by atoms with van der Waals surface area (Å²) in [5.41, 5.74) is 1.04. The van der Waals surface area contributed by atoms with E-state index < -0.39 is 0 Å². The number of anilines is 1. The Hall–Kier alpha value is -1.54. The number of carbonyl (C=O) groups excluding carboxylic acids is 1. The maximum absolute atomic E-state index is 12.4. The van der Waals surface area contributed by atoms with Gasteiger partial charge in [0.2, 0.25) is 0 Å². The molecule has 1 N–H and O–H groups in total. The molecule has 0 aliphatic heterocycles. The summed E-state index contributed by atoms with van der Waals surface area (Å²) in [6, 6.07) is 8.69. The van der Waals surface area contributed by atoms with E-state index in [2.05, 4.69) is 26.2 Å². The maximum atomic E-state index is 12.4. The zero-order valence-corrected chi connectivity index (χ0v) is 17.1. The van der Waals surface area contributed by atoms with Crippen LogP contribution in [0.5, 0.6) is 11.5 Å². The number of thiazole rings is 1. The Labute approximate surface area is 167 Å². The van der Waals surface area contributed by atoms with Crippen molar-refractivity contribution in [2.24, 2.45) is 0 Å². The highest BCUT2D eigenvalue weighted by molar-refractivity contribution is 9.10. The van der Waals surface area contributed by atoms with Gasteiger partial charge in [-0.25, -0.2) is 4.98 Å². The molecule has 132 valence electrons. The molecule has 25 heavy (non-hydrogen) atoms. The molecule has 3 aromatic rings. The molecule has 0 radical (unpaired) electrons. The van der Waals surface area contributed by atoms with Crippen molar-refractivity contribution >= 4 is 72.5 Å². The lowest BCUT2D eigenvalue weighted by Crippen LogP contribution is -2.12. The van der Waals surface area contributed by atoms with Crippen molar-refractivity contribution in [1.29, 1.82) is 0 Å². The molecule has 0 saturated heterocycles. The van der Waals surface area contributed by atoms with Gasteiger partial charge in [0.25, 0.3) is 5.91 Å². The van der Waals surface area contributed by atoms with Crippen LogP contribution >= 0.6 is 51.3 Å². The number of rotatable bonds is 4. The molecule has 2 aromatic carbocycles. The second-order valence-electron chi connectivity index (χ2n) is 4.77. The second-order valence-corrected chi connectivity index (χ2v) is 7.13. The number of methoxy groups -OCH3 is 2. The molecule has 0 aliphatic rings. The Bertz CT molecular complexity index is 933. The van der Waals surface area contributed by atoms with E-state index in [1.54, 1.807) is 38.5 Å². The third-order valence-electron chi connectivity index (χ3n) is 3.28. The molecule has 0 unspecified atom stereocenters. The summed E-state index contributed by atoms with van der Waals surface area (Å²) in [4.78, 5) is 16.9. The number of benzene rings is 2. The van der Waals surface area contributed by atoms with Gasteiger partial charge in [-0.2, -0.15) is 0 Å². The summed E-state index contributed by atoms with van der Waals surface area (Å²) in [6.45, 7) is 0.